The molecule has 0 saturated heterocycles. The molecular formula is C17H14N2O3S. The predicted octanol–water partition coefficient (Wildman–Crippen LogP) is 4.12. The molecule has 0 unspecified atom stereocenters. The highest BCUT2D eigenvalue weighted by molar-refractivity contribution is 7.08. The van der Waals surface area contributed by atoms with Crippen molar-refractivity contribution in [2.45, 2.75) is 13.3 Å². The van der Waals surface area contributed by atoms with Crippen molar-refractivity contribution in [2.24, 2.45) is 0 Å². The van der Waals surface area contributed by atoms with Crippen molar-refractivity contribution in [3.8, 4) is 11.4 Å². The Kier molecular flexibility index (Phi) is 4.34. The van der Waals surface area contributed by atoms with Crippen molar-refractivity contribution in [1.29, 1.82) is 0 Å². The molecule has 0 saturated carbocycles. The van der Waals surface area contributed by atoms with Gasteiger partial charge < -0.3 is 9.63 Å². The molecule has 0 spiro atoms. The number of aromatic nitrogens is 2. The topological polar surface area (TPSA) is 76.2 Å². The van der Waals surface area contributed by atoms with Crippen molar-refractivity contribution < 1.29 is 14.4 Å². The summed E-state index contributed by atoms with van der Waals surface area (Å²) in [5.74, 6) is -0.255. The number of carboxylic acid groups (broad SMARTS) is 1. The molecule has 3 aromatic rings. The van der Waals surface area contributed by atoms with Crippen molar-refractivity contribution in [1.82, 2.24) is 10.1 Å². The lowest BCUT2D eigenvalue weighted by Gasteiger charge is -2.00. The molecule has 0 amide bonds. The number of carboxylic acids is 1. The Bertz CT molecular complexity index is 833. The van der Waals surface area contributed by atoms with Crippen LogP contribution in [0.15, 0.2) is 45.6 Å². The number of nitrogens with zero attached hydrogens (tertiary/aromatic N) is 2. The fourth-order valence-corrected chi connectivity index (χ4v) is 2.71. The average molecular weight is 326 g/mol. The minimum atomic E-state index is -0.946. The van der Waals surface area contributed by atoms with Crippen LogP contribution in [0.3, 0.4) is 0 Å². The summed E-state index contributed by atoms with van der Waals surface area (Å²) < 4.78 is 5.26. The molecule has 0 aliphatic rings. The first-order valence-corrected chi connectivity index (χ1v) is 7.92. The van der Waals surface area contributed by atoms with Crippen LogP contribution in [0.25, 0.3) is 23.0 Å². The van der Waals surface area contributed by atoms with Crippen LogP contribution in [0, 0.1) is 6.92 Å². The zero-order valence-corrected chi connectivity index (χ0v) is 13.2. The molecule has 1 aromatic carbocycles. The number of thiophene rings is 1. The van der Waals surface area contributed by atoms with E-state index in [-0.39, 0.29) is 12.3 Å². The third-order valence-corrected chi connectivity index (χ3v) is 3.92. The summed E-state index contributed by atoms with van der Waals surface area (Å²) >= 11 is 1.54. The Morgan fingerprint density at radius 2 is 2.09 bits per heavy atom. The number of rotatable bonds is 5. The molecule has 0 fully saturated rings. The lowest BCUT2D eigenvalue weighted by molar-refractivity contribution is -0.135. The number of hydrogen-bond acceptors (Lipinski definition) is 5. The molecule has 0 radical (unpaired) electrons. The fraction of sp³-hybridized carbons (Fsp3) is 0.118. The Morgan fingerprint density at radius 1 is 1.30 bits per heavy atom. The van der Waals surface area contributed by atoms with E-state index in [0.717, 1.165) is 16.7 Å². The highest BCUT2D eigenvalue weighted by Gasteiger charge is 2.16. The molecule has 2 heterocycles. The van der Waals surface area contributed by atoms with E-state index in [0.29, 0.717) is 11.4 Å². The molecule has 23 heavy (non-hydrogen) atoms. The summed E-state index contributed by atoms with van der Waals surface area (Å²) in [6, 6.07) is 9.67. The normalized spacial score (nSPS) is 11.6. The Balaban J connectivity index is 1.96. The SMILES string of the molecule is Cc1ccc(/C=C(\CC(=O)O)c2nc(-c3ccsc3)no2)cc1. The third-order valence-electron chi connectivity index (χ3n) is 3.24. The van der Waals surface area contributed by atoms with Gasteiger partial charge >= 0.3 is 5.97 Å². The van der Waals surface area contributed by atoms with Gasteiger partial charge in [0.15, 0.2) is 0 Å². The van der Waals surface area contributed by atoms with Crippen molar-refractivity contribution in [3.05, 3.63) is 58.1 Å². The standard InChI is InChI=1S/C17H14N2O3S/c1-11-2-4-12(5-3-11)8-14(9-15(20)21)17-18-16(19-22-17)13-6-7-23-10-13/h2-8,10H,9H2,1H3,(H,20,21)/b14-8+. The third kappa shape index (κ3) is 3.73. The quantitative estimate of drug-likeness (QED) is 0.763. The van der Waals surface area contributed by atoms with Crippen LogP contribution in [0.4, 0.5) is 0 Å². The van der Waals surface area contributed by atoms with Crippen LogP contribution in [0.1, 0.15) is 23.4 Å². The molecule has 3 rings (SSSR count). The summed E-state index contributed by atoms with van der Waals surface area (Å²) in [5, 5.41) is 16.9. The van der Waals surface area contributed by atoms with Gasteiger partial charge in [-0.3, -0.25) is 4.79 Å². The van der Waals surface area contributed by atoms with Crippen LogP contribution < -0.4 is 0 Å². The molecule has 1 N–H and O–H groups in total. The Labute approximate surface area is 136 Å². The minimum absolute atomic E-state index is 0.181. The lowest BCUT2D eigenvalue weighted by atomic mass is 10.1. The molecule has 6 heteroatoms. The fourth-order valence-electron chi connectivity index (χ4n) is 2.08. The maximum absolute atomic E-state index is 11.1. The van der Waals surface area contributed by atoms with E-state index in [9.17, 15) is 4.79 Å². The smallest absolute Gasteiger partial charge is 0.308 e. The van der Waals surface area contributed by atoms with Gasteiger partial charge in [-0.1, -0.05) is 35.0 Å². The maximum atomic E-state index is 11.1. The van der Waals surface area contributed by atoms with E-state index in [2.05, 4.69) is 10.1 Å². The van der Waals surface area contributed by atoms with Crippen molar-refractivity contribution in [2.75, 3.05) is 0 Å². The summed E-state index contributed by atoms with van der Waals surface area (Å²) in [4.78, 5) is 15.5. The molecule has 0 bridgehead atoms. The highest BCUT2D eigenvalue weighted by atomic mass is 32.1. The lowest BCUT2D eigenvalue weighted by Crippen LogP contribution is -1.97. The number of benzene rings is 1. The molecule has 0 aliphatic heterocycles. The number of carbonyl (C=O) groups is 1. The summed E-state index contributed by atoms with van der Waals surface area (Å²) in [5.41, 5.74) is 3.37. The first kappa shape index (κ1) is 15.2. The Hall–Kier alpha value is -2.73. The van der Waals surface area contributed by atoms with E-state index in [1.807, 2.05) is 48.0 Å². The molecular weight excluding hydrogens is 312 g/mol. The second-order valence-corrected chi connectivity index (χ2v) is 5.87. The zero-order valence-electron chi connectivity index (χ0n) is 12.4. The van der Waals surface area contributed by atoms with Gasteiger partial charge in [0.05, 0.1) is 6.42 Å². The van der Waals surface area contributed by atoms with E-state index in [4.69, 9.17) is 9.63 Å². The molecule has 0 atom stereocenters. The van der Waals surface area contributed by atoms with Gasteiger partial charge in [-0.15, -0.1) is 0 Å². The van der Waals surface area contributed by atoms with Gasteiger partial charge in [-0.25, -0.2) is 0 Å². The average Bonchev–Trinajstić information content (AvgIpc) is 3.19. The van der Waals surface area contributed by atoms with Crippen LogP contribution in [-0.2, 0) is 4.79 Å². The first-order chi connectivity index (χ1) is 11.1. The van der Waals surface area contributed by atoms with Gasteiger partial charge in [0.25, 0.3) is 5.89 Å². The van der Waals surface area contributed by atoms with Crippen molar-refractivity contribution >= 4 is 29.0 Å². The highest BCUT2D eigenvalue weighted by Crippen LogP contribution is 2.25. The second kappa shape index (κ2) is 6.58. The number of hydrogen-bond donors (Lipinski definition) is 1. The van der Waals surface area contributed by atoms with Crippen LogP contribution >= 0.6 is 11.3 Å². The van der Waals surface area contributed by atoms with Gasteiger partial charge in [0, 0.05) is 16.5 Å². The molecule has 116 valence electrons. The van der Waals surface area contributed by atoms with Crippen LogP contribution in [-0.4, -0.2) is 21.2 Å². The summed E-state index contributed by atoms with van der Waals surface area (Å²) in [6.45, 7) is 2.00. The predicted molar refractivity (Wildman–Crippen MR) is 88.9 cm³/mol. The number of aryl methyl sites for hydroxylation is 1. The van der Waals surface area contributed by atoms with E-state index < -0.39 is 5.97 Å². The molecule has 5 nitrogen and oxygen atoms in total. The molecule has 0 aliphatic carbocycles. The van der Waals surface area contributed by atoms with E-state index in [1.165, 1.54) is 11.3 Å². The monoisotopic (exact) mass is 326 g/mol. The first-order valence-electron chi connectivity index (χ1n) is 6.97. The largest absolute Gasteiger partial charge is 0.481 e. The van der Waals surface area contributed by atoms with Gasteiger partial charge in [-0.2, -0.15) is 16.3 Å². The van der Waals surface area contributed by atoms with Crippen LogP contribution in [0.2, 0.25) is 0 Å². The van der Waals surface area contributed by atoms with Crippen molar-refractivity contribution in [3.63, 3.8) is 0 Å². The summed E-state index contributed by atoms with van der Waals surface area (Å²) in [6.07, 6.45) is 1.58. The van der Waals surface area contributed by atoms with E-state index in [1.54, 1.807) is 6.08 Å². The zero-order chi connectivity index (χ0) is 16.2. The van der Waals surface area contributed by atoms with Gasteiger partial charge in [0.2, 0.25) is 5.82 Å². The van der Waals surface area contributed by atoms with E-state index >= 15 is 0 Å². The molecule has 2 aromatic heterocycles. The summed E-state index contributed by atoms with van der Waals surface area (Å²) in [7, 11) is 0. The number of aliphatic carboxylic acids is 1. The minimum Gasteiger partial charge on any atom is -0.481 e. The maximum Gasteiger partial charge on any atom is 0.308 e. The second-order valence-electron chi connectivity index (χ2n) is 5.09. The van der Waals surface area contributed by atoms with Gasteiger partial charge in [-0.05, 0) is 30.0 Å². The Morgan fingerprint density at radius 3 is 2.74 bits per heavy atom. The van der Waals surface area contributed by atoms with Gasteiger partial charge in [0.1, 0.15) is 0 Å². The van der Waals surface area contributed by atoms with Crippen LogP contribution in [0.5, 0.6) is 0 Å².